The Morgan fingerprint density at radius 1 is 1.06 bits per heavy atom. The second kappa shape index (κ2) is 9.06. The molecule has 2 heterocycles. The number of rotatable bonds is 6. The first-order chi connectivity index (χ1) is 16.1. The number of imidazole rings is 1. The van der Waals surface area contributed by atoms with E-state index in [9.17, 15) is 9.18 Å². The van der Waals surface area contributed by atoms with Gasteiger partial charge in [-0.2, -0.15) is 0 Å². The summed E-state index contributed by atoms with van der Waals surface area (Å²) in [6, 6.07) is 19.8. The lowest BCUT2D eigenvalue weighted by Crippen LogP contribution is -2.26. The second-order valence-electron chi connectivity index (χ2n) is 8.56. The van der Waals surface area contributed by atoms with Crippen LogP contribution in [0.25, 0.3) is 22.7 Å². The first-order valence-electron chi connectivity index (χ1n) is 11.4. The van der Waals surface area contributed by atoms with Crippen LogP contribution in [-0.2, 0) is 0 Å². The maximum atomic E-state index is 13.5. The molecule has 1 N–H and O–H groups in total. The summed E-state index contributed by atoms with van der Waals surface area (Å²) in [6.45, 7) is 1.94. The lowest BCUT2D eigenvalue weighted by Gasteiger charge is -2.15. The molecule has 0 aliphatic heterocycles. The lowest BCUT2D eigenvalue weighted by molar-refractivity contribution is 0.0912. The van der Waals surface area contributed by atoms with E-state index in [0.29, 0.717) is 11.8 Å². The molecule has 0 bridgehead atoms. The van der Waals surface area contributed by atoms with Gasteiger partial charge in [0.15, 0.2) is 11.5 Å². The molecular weight excluding hydrogens is 417 g/mol. The van der Waals surface area contributed by atoms with Gasteiger partial charge in [-0.25, -0.2) is 9.37 Å². The smallest absolute Gasteiger partial charge is 0.287 e. The number of hydrogen-bond donors (Lipinski definition) is 1. The maximum Gasteiger partial charge on any atom is 0.287 e. The van der Waals surface area contributed by atoms with Crippen molar-refractivity contribution in [2.45, 2.75) is 44.7 Å². The molecule has 1 fully saturated rings. The molecular formula is C27H26FN3O2. The number of hydrogen-bond acceptors (Lipinski definition) is 3. The van der Waals surface area contributed by atoms with Gasteiger partial charge in [0.25, 0.3) is 5.91 Å². The Morgan fingerprint density at radius 3 is 2.52 bits per heavy atom. The zero-order valence-corrected chi connectivity index (χ0v) is 18.5. The number of furan rings is 1. The molecule has 0 spiro atoms. The molecule has 0 saturated heterocycles. The van der Waals surface area contributed by atoms with Gasteiger partial charge in [-0.15, -0.1) is 0 Å². The zero-order valence-electron chi connectivity index (χ0n) is 18.5. The Kier molecular flexibility index (Phi) is 5.82. The minimum absolute atomic E-state index is 0.147. The predicted octanol–water partition coefficient (Wildman–Crippen LogP) is 6.56. The fourth-order valence-electron chi connectivity index (χ4n) is 4.56. The molecule has 0 radical (unpaired) electrons. The minimum atomic E-state index is -0.292. The monoisotopic (exact) mass is 443 g/mol. The van der Waals surface area contributed by atoms with Crippen LogP contribution in [0.1, 0.15) is 60.8 Å². The van der Waals surface area contributed by atoms with Crippen molar-refractivity contribution in [3.63, 3.8) is 0 Å². The van der Waals surface area contributed by atoms with E-state index in [0.717, 1.165) is 35.4 Å². The van der Waals surface area contributed by atoms with E-state index in [-0.39, 0.29) is 23.5 Å². The molecule has 2 aromatic carbocycles. The maximum absolute atomic E-state index is 13.5. The first-order valence-corrected chi connectivity index (χ1v) is 11.4. The molecule has 168 valence electrons. The zero-order chi connectivity index (χ0) is 22.8. The van der Waals surface area contributed by atoms with Crippen molar-refractivity contribution in [3.8, 4) is 22.7 Å². The van der Waals surface area contributed by atoms with E-state index in [2.05, 4.69) is 14.9 Å². The van der Waals surface area contributed by atoms with E-state index in [1.54, 1.807) is 18.2 Å². The molecule has 5 nitrogen and oxygen atoms in total. The normalized spacial score (nSPS) is 15.0. The summed E-state index contributed by atoms with van der Waals surface area (Å²) in [5.74, 6) is 0.265. The summed E-state index contributed by atoms with van der Waals surface area (Å²) in [5.41, 5.74) is 3.38. The van der Waals surface area contributed by atoms with Crippen LogP contribution in [0.3, 0.4) is 0 Å². The number of amides is 1. The van der Waals surface area contributed by atoms with Crippen LogP contribution in [0.4, 0.5) is 4.39 Å². The summed E-state index contributed by atoms with van der Waals surface area (Å²) in [6.07, 6.45) is 6.35. The largest absolute Gasteiger partial charge is 0.449 e. The van der Waals surface area contributed by atoms with Gasteiger partial charge in [0.1, 0.15) is 11.5 Å². The average molecular weight is 444 g/mol. The van der Waals surface area contributed by atoms with Crippen molar-refractivity contribution in [2.24, 2.45) is 0 Å². The van der Waals surface area contributed by atoms with Gasteiger partial charge in [0, 0.05) is 11.6 Å². The number of halogens is 1. The summed E-state index contributed by atoms with van der Waals surface area (Å²) in [4.78, 5) is 17.5. The topological polar surface area (TPSA) is 60.1 Å². The standard InChI is InChI=1S/C27H26FN3O2/c1-18(19-7-3-2-4-8-19)30-27(32)24-16-15-23(33-24)26-25(20-11-13-21(28)14-12-20)29-17-31(26)22-9-5-6-10-22/h2-4,7-8,11-18,22H,5-6,9-10H2,1H3,(H,30,32)/t18-/m0/s1. The van der Waals surface area contributed by atoms with Crippen LogP contribution < -0.4 is 5.32 Å². The molecule has 1 aliphatic rings. The third-order valence-electron chi connectivity index (χ3n) is 6.34. The quantitative estimate of drug-likeness (QED) is 0.367. The number of nitrogens with zero attached hydrogens (tertiary/aromatic N) is 2. The van der Waals surface area contributed by atoms with Gasteiger partial charge >= 0.3 is 0 Å². The Bertz CT molecular complexity index is 1240. The predicted molar refractivity (Wildman–Crippen MR) is 125 cm³/mol. The van der Waals surface area contributed by atoms with E-state index >= 15 is 0 Å². The first kappa shape index (κ1) is 21.2. The Labute approximate surface area is 192 Å². The number of aromatic nitrogens is 2. The molecule has 6 heteroatoms. The number of nitrogens with one attached hydrogen (secondary N) is 1. The lowest BCUT2D eigenvalue weighted by atomic mass is 10.1. The highest BCUT2D eigenvalue weighted by atomic mass is 19.1. The third-order valence-corrected chi connectivity index (χ3v) is 6.34. The van der Waals surface area contributed by atoms with Crippen LogP contribution in [-0.4, -0.2) is 15.5 Å². The SMILES string of the molecule is C[C@H](NC(=O)c1ccc(-c2c(-c3ccc(F)cc3)ncn2C2CCCC2)o1)c1ccccc1. The van der Waals surface area contributed by atoms with Gasteiger partial charge in [0.05, 0.1) is 18.1 Å². The fraction of sp³-hybridized carbons (Fsp3) is 0.259. The van der Waals surface area contributed by atoms with Crippen molar-refractivity contribution >= 4 is 5.91 Å². The van der Waals surface area contributed by atoms with Crippen molar-refractivity contribution in [2.75, 3.05) is 0 Å². The fourth-order valence-corrected chi connectivity index (χ4v) is 4.56. The van der Waals surface area contributed by atoms with Crippen LogP contribution in [0.15, 0.2) is 77.5 Å². The van der Waals surface area contributed by atoms with Gasteiger partial charge in [-0.3, -0.25) is 4.79 Å². The molecule has 1 saturated carbocycles. The van der Waals surface area contributed by atoms with Crippen molar-refractivity contribution in [1.29, 1.82) is 0 Å². The highest BCUT2D eigenvalue weighted by Crippen LogP contribution is 2.39. The van der Waals surface area contributed by atoms with Crippen molar-refractivity contribution in [1.82, 2.24) is 14.9 Å². The highest BCUT2D eigenvalue weighted by molar-refractivity contribution is 5.92. The molecule has 1 aliphatic carbocycles. The second-order valence-corrected chi connectivity index (χ2v) is 8.56. The Hall–Kier alpha value is -3.67. The Balaban J connectivity index is 1.47. The average Bonchev–Trinajstić information content (AvgIpc) is 3.60. The van der Waals surface area contributed by atoms with E-state index < -0.39 is 0 Å². The summed E-state index contributed by atoms with van der Waals surface area (Å²) in [7, 11) is 0. The summed E-state index contributed by atoms with van der Waals surface area (Å²) >= 11 is 0. The minimum Gasteiger partial charge on any atom is -0.449 e. The number of benzene rings is 2. The van der Waals surface area contributed by atoms with Crippen LogP contribution >= 0.6 is 0 Å². The van der Waals surface area contributed by atoms with Gasteiger partial charge < -0.3 is 14.3 Å². The van der Waals surface area contributed by atoms with E-state index in [1.165, 1.54) is 25.0 Å². The van der Waals surface area contributed by atoms with Crippen LogP contribution in [0.5, 0.6) is 0 Å². The molecule has 5 rings (SSSR count). The van der Waals surface area contributed by atoms with Crippen molar-refractivity contribution < 1.29 is 13.6 Å². The van der Waals surface area contributed by atoms with Crippen LogP contribution in [0, 0.1) is 5.82 Å². The van der Waals surface area contributed by atoms with Gasteiger partial charge in [-0.05, 0) is 61.7 Å². The van der Waals surface area contributed by atoms with Crippen molar-refractivity contribution in [3.05, 3.63) is 90.2 Å². The van der Waals surface area contributed by atoms with Crippen LogP contribution in [0.2, 0.25) is 0 Å². The molecule has 1 atom stereocenters. The molecule has 1 amide bonds. The highest BCUT2D eigenvalue weighted by Gasteiger charge is 2.26. The third kappa shape index (κ3) is 4.33. The van der Waals surface area contributed by atoms with Gasteiger partial charge in [-0.1, -0.05) is 43.2 Å². The summed E-state index contributed by atoms with van der Waals surface area (Å²) < 4.78 is 21.7. The number of carbonyl (C=O) groups is 1. The summed E-state index contributed by atoms with van der Waals surface area (Å²) in [5, 5.41) is 3.00. The van der Waals surface area contributed by atoms with E-state index in [4.69, 9.17) is 4.42 Å². The molecule has 0 unspecified atom stereocenters. The molecule has 4 aromatic rings. The molecule has 2 aromatic heterocycles. The van der Waals surface area contributed by atoms with E-state index in [1.807, 2.05) is 49.6 Å². The molecule has 33 heavy (non-hydrogen) atoms. The number of carbonyl (C=O) groups excluding carboxylic acids is 1. The Morgan fingerprint density at radius 2 is 1.79 bits per heavy atom. The van der Waals surface area contributed by atoms with Gasteiger partial charge in [0.2, 0.25) is 0 Å².